The molecule has 1 aromatic heterocycles. The van der Waals surface area contributed by atoms with Crippen molar-refractivity contribution in [3.8, 4) is 11.3 Å². The summed E-state index contributed by atoms with van der Waals surface area (Å²) in [5.41, 5.74) is 1.81. The van der Waals surface area contributed by atoms with Crippen LogP contribution in [0.15, 0.2) is 54.6 Å². The van der Waals surface area contributed by atoms with Gasteiger partial charge in [-0.15, -0.1) is 0 Å². The largest absolute Gasteiger partial charge is 0.352 e. The molecule has 2 aromatic carbocycles. The highest BCUT2D eigenvalue weighted by atomic mass is 35.5. The highest BCUT2D eigenvalue weighted by molar-refractivity contribution is 6.31. The fourth-order valence-corrected chi connectivity index (χ4v) is 2.73. The van der Waals surface area contributed by atoms with Gasteiger partial charge in [-0.05, 0) is 25.5 Å². The normalized spacial score (nSPS) is 11.7. The molecule has 0 amide bonds. The number of nitrogens with one attached hydrogen (secondary N) is 2. The summed E-state index contributed by atoms with van der Waals surface area (Å²) in [5.74, 6) is 0.882. The van der Waals surface area contributed by atoms with Crippen LogP contribution >= 0.6 is 11.6 Å². The van der Waals surface area contributed by atoms with E-state index in [1.54, 1.807) is 6.07 Å². The Morgan fingerprint density at radius 3 is 2.57 bits per heavy atom. The lowest BCUT2D eigenvalue weighted by atomic mass is 10.1. The van der Waals surface area contributed by atoms with Gasteiger partial charge in [-0.2, -0.15) is 4.98 Å². The second kappa shape index (κ2) is 8.67. The van der Waals surface area contributed by atoms with Crippen molar-refractivity contribution in [3.05, 3.63) is 69.7 Å². The summed E-state index contributed by atoms with van der Waals surface area (Å²) in [6, 6.07) is 16.0. The van der Waals surface area contributed by atoms with E-state index in [9.17, 15) is 10.1 Å². The molecule has 0 aliphatic carbocycles. The van der Waals surface area contributed by atoms with E-state index in [0.717, 1.165) is 12.0 Å². The zero-order valence-electron chi connectivity index (χ0n) is 15.5. The highest BCUT2D eigenvalue weighted by Crippen LogP contribution is 2.31. The molecule has 0 fully saturated rings. The first-order valence-corrected chi connectivity index (χ1v) is 9.26. The number of halogens is 1. The summed E-state index contributed by atoms with van der Waals surface area (Å²) >= 11 is 6.03. The number of rotatable bonds is 7. The standard InChI is InChI=1S/C20H20ClN5O2/c1-3-13(2)22-20-24-16(14-7-5-4-6-8-14)12-19(25-20)23-17-11-15(21)9-10-18(17)26(27)28/h4-13H,3H2,1-2H3,(H2,22,23,24,25)/t13-/m0/s1. The molecule has 0 aliphatic rings. The van der Waals surface area contributed by atoms with E-state index in [1.807, 2.05) is 37.3 Å². The Morgan fingerprint density at radius 2 is 1.89 bits per heavy atom. The van der Waals surface area contributed by atoms with Crippen LogP contribution in [0.2, 0.25) is 5.02 Å². The third kappa shape index (κ3) is 4.75. The smallest absolute Gasteiger partial charge is 0.292 e. The summed E-state index contributed by atoms with van der Waals surface area (Å²) in [5, 5.41) is 18.0. The molecule has 0 saturated heterocycles. The van der Waals surface area contributed by atoms with Gasteiger partial charge >= 0.3 is 0 Å². The van der Waals surface area contributed by atoms with Gasteiger partial charge in [0.2, 0.25) is 5.95 Å². The van der Waals surface area contributed by atoms with Gasteiger partial charge in [-0.25, -0.2) is 4.98 Å². The zero-order chi connectivity index (χ0) is 20.1. The molecule has 3 rings (SSSR count). The zero-order valence-corrected chi connectivity index (χ0v) is 16.3. The second-order valence-corrected chi connectivity index (χ2v) is 6.76. The van der Waals surface area contributed by atoms with E-state index in [1.165, 1.54) is 18.2 Å². The van der Waals surface area contributed by atoms with Gasteiger partial charge in [-0.3, -0.25) is 10.1 Å². The molecule has 0 aliphatic heterocycles. The van der Waals surface area contributed by atoms with Crippen molar-refractivity contribution in [2.75, 3.05) is 10.6 Å². The third-order valence-corrected chi connectivity index (χ3v) is 4.44. The van der Waals surface area contributed by atoms with Crippen LogP contribution < -0.4 is 10.6 Å². The second-order valence-electron chi connectivity index (χ2n) is 6.33. The Kier molecular flexibility index (Phi) is 6.06. The molecule has 0 bridgehead atoms. The molecular formula is C20H20ClN5O2. The summed E-state index contributed by atoms with van der Waals surface area (Å²) < 4.78 is 0. The van der Waals surface area contributed by atoms with Crippen molar-refractivity contribution in [1.82, 2.24) is 9.97 Å². The van der Waals surface area contributed by atoms with Crippen molar-refractivity contribution in [2.45, 2.75) is 26.3 Å². The van der Waals surface area contributed by atoms with Gasteiger partial charge < -0.3 is 10.6 Å². The lowest BCUT2D eigenvalue weighted by Gasteiger charge is -2.15. The van der Waals surface area contributed by atoms with Crippen LogP contribution in [0.1, 0.15) is 20.3 Å². The minimum absolute atomic E-state index is 0.0827. The average molecular weight is 398 g/mol. The Balaban J connectivity index is 2.04. The summed E-state index contributed by atoms with van der Waals surface area (Å²) in [4.78, 5) is 19.9. The molecule has 1 heterocycles. The molecule has 28 heavy (non-hydrogen) atoms. The van der Waals surface area contributed by atoms with E-state index < -0.39 is 4.92 Å². The van der Waals surface area contributed by atoms with E-state index >= 15 is 0 Å². The number of nitrogens with zero attached hydrogens (tertiary/aromatic N) is 3. The first kappa shape index (κ1) is 19.6. The molecular weight excluding hydrogens is 378 g/mol. The average Bonchev–Trinajstić information content (AvgIpc) is 2.68. The van der Waals surface area contributed by atoms with Gasteiger partial charge in [0, 0.05) is 28.8 Å². The lowest BCUT2D eigenvalue weighted by molar-refractivity contribution is -0.383. The monoisotopic (exact) mass is 397 g/mol. The van der Waals surface area contributed by atoms with E-state index in [0.29, 0.717) is 22.5 Å². The number of nitro groups is 1. The first-order valence-electron chi connectivity index (χ1n) is 8.88. The maximum Gasteiger partial charge on any atom is 0.292 e. The van der Waals surface area contributed by atoms with Crippen LogP contribution in [-0.4, -0.2) is 20.9 Å². The van der Waals surface area contributed by atoms with E-state index in [-0.39, 0.29) is 17.4 Å². The molecule has 1 atom stereocenters. The highest BCUT2D eigenvalue weighted by Gasteiger charge is 2.16. The summed E-state index contributed by atoms with van der Waals surface area (Å²) in [7, 11) is 0. The number of aromatic nitrogens is 2. The third-order valence-electron chi connectivity index (χ3n) is 4.20. The fraction of sp³-hybridized carbons (Fsp3) is 0.200. The molecule has 0 saturated carbocycles. The van der Waals surface area contributed by atoms with Crippen molar-refractivity contribution < 1.29 is 4.92 Å². The molecule has 8 heteroatoms. The van der Waals surface area contributed by atoms with Crippen molar-refractivity contribution >= 4 is 34.7 Å². The predicted octanol–water partition coefficient (Wildman–Crippen LogP) is 5.66. The van der Waals surface area contributed by atoms with Gasteiger partial charge in [0.1, 0.15) is 11.5 Å². The molecule has 3 aromatic rings. The van der Waals surface area contributed by atoms with Crippen LogP contribution in [0.5, 0.6) is 0 Å². The number of benzene rings is 2. The molecule has 0 unspecified atom stereocenters. The minimum Gasteiger partial charge on any atom is -0.352 e. The Labute approximate surface area is 168 Å². The number of nitro benzene ring substituents is 1. The van der Waals surface area contributed by atoms with Crippen LogP contribution in [0.4, 0.5) is 23.1 Å². The van der Waals surface area contributed by atoms with Gasteiger partial charge in [-0.1, -0.05) is 48.9 Å². The maximum absolute atomic E-state index is 11.3. The van der Waals surface area contributed by atoms with Crippen LogP contribution in [-0.2, 0) is 0 Å². The quantitative estimate of drug-likeness (QED) is 0.394. The maximum atomic E-state index is 11.3. The molecule has 144 valence electrons. The first-order chi connectivity index (χ1) is 13.5. The Hall–Kier alpha value is -3.19. The van der Waals surface area contributed by atoms with Gasteiger partial charge in [0.25, 0.3) is 5.69 Å². The van der Waals surface area contributed by atoms with Crippen LogP contribution in [0.3, 0.4) is 0 Å². The predicted molar refractivity (Wildman–Crippen MR) is 112 cm³/mol. The van der Waals surface area contributed by atoms with E-state index in [4.69, 9.17) is 11.6 Å². The number of hydrogen-bond donors (Lipinski definition) is 2. The Bertz CT molecular complexity index is 982. The fourth-order valence-electron chi connectivity index (χ4n) is 2.56. The SMILES string of the molecule is CC[C@H](C)Nc1nc(Nc2cc(Cl)ccc2[N+](=O)[O-])cc(-c2ccccc2)n1. The van der Waals surface area contributed by atoms with Crippen LogP contribution in [0, 0.1) is 10.1 Å². The van der Waals surface area contributed by atoms with Crippen molar-refractivity contribution in [1.29, 1.82) is 0 Å². The molecule has 2 N–H and O–H groups in total. The summed E-state index contributed by atoms with van der Waals surface area (Å²) in [6.07, 6.45) is 0.904. The lowest BCUT2D eigenvalue weighted by Crippen LogP contribution is -2.16. The van der Waals surface area contributed by atoms with E-state index in [2.05, 4.69) is 27.5 Å². The van der Waals surface area contributed by atoms with Gasteiger partial charge in [0.05, 0.1) is 10.6 Å². The van der Waals surface area contributed by atoms with Crippen molar-refractivity contribution in [3.63, 3.8) is 0 Å². The Morgan fingerprint density at radius 1 is 1.14 bits per heavy atom. The topological polar surface area (TPSA) is 93.0 Å². The molecule has 0 spiro atoms. The number of hydrogen-bond acceptors (Lipinski definition) is 6. The number of anilines is 3. The molecule has 0 radical (unpaired) electrons. The summed E-state index contributed by atoms with van der Waals surface area (Å²) in [6.45, 7) is 4.10. The minimum atomic E-state index is -0.462. The molecule has 7 nitrogen and oxygen atoms in total. The van der Waals surface area contributed by atoms with Crippen LogP contribution in [0.25, 0.3) is 11.3 Å². The van der Waals surface area contributed by atoms with Crippen molar-refractivity contribution in [2.24, 2.45) is 0 Å². The van der Waals surface area contributed by atoms with Gasteiger partial charge in [0.15, 0.2) is 0 Å².